The first kappa shape index (κ1) is 13.0. The van der Waals surface area contributed by atoms with Crippen LogP contribution in [0.2, 0.25) is 5.02 Å². The van der Waals surface area contributed by atoms with Gasteiger partial charge in [0.05, 0.1) is 12.2 Å². The van der Waals surface area contributed by atoms with Gasteiger partial charge in [-0.2, -0.15) is 0 Å². The lowest BCUT2D eigenvalue weighted by Gasteiger charge is -2.18. The van der Waals surface area contributed by atoms with Gasteiger partial charge in [0.15, 0.2) is 0 Å². The van der Waals surface area contributed by atoms with E-state index in [9.17, 15) is 4.39 Å². The average molecular weight is 265 g/mol. The van der Waals surface area contributed by atoms with Crippen LogP contribution < -0.4 is 5.32 Å². The third kappa shape index (κ3) is 3.06. The van der Waals surface area contributed by atoms with Crippen LogP contribution in [0.1, 0.15) is 24.1 Å². The van der Waals surface area contributed by atoms with Crippen molar-refractivity contribution in [3.8, 4) is 0 Å². The van der Waals surface area contributed by atoms with Gasteiger partial charge in [0.2, 0.25) is 0 Å². The number of benzene rings is 1. The Balaban J connectivity index is 2.39. The second kappa shape index (κ2) is 5.94. The Kier molecular flexibility index (Phi) is 4.28. The number of nitrogens with zero attached hydrogens (tertiary/aromatic N) is 1. The first-order valence-electron chi connectivity index (χ1n) is 5.80. The highest BCUT2D eigenvalue weighted by Gasteiger charge is 2.14. The summed E-state index contributed by atoms with van der Waals surface area (Å²) in [4.78, 5) is 3.89. The number of halogens is 2. The highest BCUT2D eigenvalue weighted by Crippen LogP contribution is 2.24. The van der Waals surface area contributed by atoms with Gasteiger partial charge in [-0.05, 0) is 35.9 Å². The second-order valence-corrected chi connectivity index (χ2v) is 4.42. The molecule has 0 aliphatic rings. The van der Waals surface area contributed by atoms with Crippen LogP contribution in [0.25, 0.3) is 0 Å². The zero-order valence-corrected chi connectivity index (χ0v) is 10.8. The van der Waals surface area contributed by atoms with Crippen molar-refractivity contribution in [2.75, 3.05) is 6.54 Å². The van der Waals surface area contributed by atoms with Gasteiger partial charge in [-0.3, -0.25) is 4.98 Å². The molecule has 2 aromatic rings. The van der Waals surface area contributed by atoms with Crippen molar-refractivity contribution < 1.29 is 4.39 Å². The van der Waals surface area contributed by atoms with Crippen molar-refractivity contribution in [3.63, 3.8) is 0 Å². The number of rotatable bonds is 4. The molecule has 1 N–H and O–H groups in total. The fraction of sp³-hybridized carbons (Fsp3) is 0.214. The minimum atomic E-state index is -0.336. The molecule has 0 amide bonds. The Morgan fingerprint density at radius 1 is 1.28 bits per heavy atom. The Labute approximate surface area is 111 Å². The van der Waals surface area contributed by atoms with Gasteiger partial charge in [0.25, 0.3) is 0 Å². The number of hydrogen-bond acceptors (Lipinski definition) is 2. The molecule has 18 heavy (non-hydrogen) atoms. The smallest absolute Gasteiger partial charge is 0.141 e. The third-order valence-corrected chi connectivity index (χ3v) is 2.88. The predicted octanol–water partition coefficient (Wildman–Crippen LogP) is 3.57. The molecule has 0 saturated carbocycles. The predicted molar refractivity (Wildman–Crippen MR) is 71.2 cm³/mol. The Morgan fingerprint density at radius 2 is 2.11 bits per heavy atom. The summed E-state index contributed by atoms with van der Waals surface area (Å²) in [5, 5.41) is 3.97. The molecule has 1 heterocycles. The van der Waals surface area contributed by atoms with Crippen molar-refractivity contribution in [2.45, 2.75) is 13.0 Å². The second-order valence-electron chi connectivity index (χ2n) is 3.98. The van der Waals surface area contributed by atoms with Crippen LogP contribution in [0, 0.1) is 5.82 Å². The molecule has 2 nitrogen and oxygen atoms in total. The van der Waals surface area contributed by atoms with Crippen LogP contribution in [0.5, 0.6) is 0 Å². The molecule has 0 spiro atoms. The average Bonchev–Trinajstić information content (AvgIpc) is 2.36. The molecule has 1 unspecified atom stereocenters. The van der Waals surface area contributed by atoms with Gasteiger partial charge in [-0.25, -0.2) is 4.39 Å². The number of nitrogens with one attached hydrogen (secondary N) is 1. The van der Waals surface area contributed by atoms with E-state index in [1.54, 1.807) is 6.20 Å². The molecular weight excluding hydrogens is 251 g/mol. The topological polar surface area (TPSA) is 24.9 Å². The molecular formula is C14H14ClFN2. The summed E-state index contributed by atoms with van der Waals surface area (Å²) in [7, 11) is 0. The van der Waals surface area contributed by atoms with Gasteiger partial charge < -0.3 is 5.32 Å². The molecule has 0 bridgehead atoms. The molecule has 0 saturated heterocycles. The molecule has 1 atom stereocenters. The van der Waals surface area contributed by atoms with E-state index in [1.165, 1.54) is 12.3 Å². The maximum atomic E-state index is 13.2. The molecule has 94 valence electrons. The quantitative estimate of drug-likeness (QED) is 0.913. The Hall–Kier alpha value is -1.45. The fourth-order valence-electron chi connectivity index (χ4n) is 1.90. The van der Waals surface area contributed by atoms with E-state index in [4.69, 9.17) is 11.6 Å². The zero-order chi connectivity index (χ0) is 13.0. The molecule has 0 aliphatic heterocycles. The minimum absolute atomic E-state index is 0.100. The van der Waals surface area contributed by atoms with Crippen molar-refractivity contribution in [3.05, 3.63) is 64.7 Å². The van der Waals surface area contributed by atoms with E-state index in [2.05, 4.69) is 10.3 Å². The van der Waals surface area contributed by atoms with Crippen LogP contribution in [0.15, 0.2) is 42.7 Å². The molecule has 0 radical (unpaired) electrons. The van der Waals surface area contributed by atoms with E-state index in [-0.39, 0.29) is 11.9 Å². The summed E-state index contributed by atoms with van der Waals surface area (Å²) in [5.41, 5.74) is 1.79. The lowest BCUT2D eigenvalue weighted by atomic mass is 10.0. The van der Waals surface area contributed by atoms with E-state index in [0.717, 1.165) is 17.7 Å². The molecule has 0 fully saturated rings. The SMILES string of the molecule is CCNC(c1cncc(F)c1)c1cccc(Cl)c1. The lowest BCUT2D eigenvalue weighted by Crippen LogP contribution is -2.22. The largest absolute Gasteiger partial charge is 0.306 e. The van der Waals surface area contributed by atoms with E-state index in [0.29, 0.717) is 5.02 Å². The van der Waals surface area contributed by atoms with Crippen molar-refractivity contribution in [1.29, 1.82) is 0 Å². The van der Waals surface area contributed by atoms with Gasteiger partial charge in [0, 0.05) is 11.2 Å². The monoisotopic (exact) mass is 264 g/mol. The summed E-state index contributed by atoms with van der Waals surface area (Å²) in [6.45, 7) is 2.78. The molecule has 1 aromatic heterocycles. The number of hydrogen-bond donors (Lipinski definition) is 1. The van der Waals surface area contributed by atoms with E-state index in [1.807, 2.05) is 31.2 Å². The summed E-state index contributed by atoms with van der Waals surface area (Å²) >= 11 is 5.99. The maximum Gasteiger partial charge on any atom is 0.141 e. The molecule has 2 rings (SSSR count). The fourth-order valence-corrected chi connectivity index (χ4v) is 2.10. The first-order chi connectivity index (χ1) is 8.70. The highest BCUT2D eigenvalue weighted by atomic mass is 35.5. The maximum absolute atomic E-state index is 13.2. The van der Waals surface area contributed by atoms with Crippen LogP contribution in [0.3, 0.4) is 0 Å². The van der Waals surface area contributed by atoms with Crippen molar-refractivity contribution in [2.24, 2.45) is 0 Å². The van der Waals surface area contributed by atoms with Gasteiger partial charge in [0.1, 0.15) is 5.82 Å². The van der Waals surface area contributed by atoms with Gasteiger partial charge >= 0.3 is 0 Å². The van der Waals surface area contributed by atoms with Crippen LogP contribution >= 0.6 is 11.6 Å². The Morgan fingerprint density at radius 3 is 2.78 bits per heavy atom. The first-order valence-corrected chi connectivity index (χ1v) is 6.18. The highest BCUT2D eigenvalue weighted by molar-refractivity contribution is 6.30. The van der Waals surface area contributed by atoms with E-state index >= 15 is 0 Å². The summed E-state index contributed by atoms with van der Waals surface area (Å²) in [5.74, 6) is -0.336. The third-order valence-electron chi connectivity index (χ3n) is 2.65. The number of aromatic nitrogens is 1. The van der Waals surface area contributed by atoms with Crippen molar-refractivity contribution >= 4 is 11.6 Å². The van der Waals surface area contributed by atoms with Crippen molar-refractivity contribution in [1.82, 2.24) is 10.3 Å². The van der Waals surface area contributed by atoms with Crippen LogP contribution in [0.4, 0.5) is 4.39 Å². The molecule has 4 heteroatoms. The number of pyridine rings is 1. The summed E-state index contributed by atoms with van der Waals surface area (Å²) in [6.07, 6.45) is 2.86. The Bertz CT molecular complexity index is 485. The zero-order valence-electron chi connectivity index (χ0n) is 10.0. The standard InChI is InChI=1S/C14H14ClFN2/c1-2-18-14(10-4-3-5-12(15)6-10)11-7-13(16)9-17-8-11/h3-9,14,18H,2H2,1H3. The summed E-state index contributed by atoms with van der Waals surface area (Å²) in [6, 6.07) is 8.93. The minimum Gasteiger partial charge on any atom is -0.306 e. The normalized spacial score (nSPS) is 12.4. The molecule has 1 aromatic carbocycles. The van der Waals surface area contributed by atoms with Gasteiger partial charge in [-0.15, -0.1) is 0 Å². The van der Waals surface area contributed by atoms with Crippen LogP contribution in [-0.2, 0) is 0 Å². The van der Waals surface area contributed by atoms with Gasteiger partial charge in [-0.1, -0.05) is 30.7 Å². The van der Waals surface area contributed by atoms with E-state index < -0.39 is 0 Å². The molecule has 0 aliphatic carbocycles. The van der Waals surface area contributed by atoms with Crippen LogP contribution in [-0.4, -0.2) is 11.5 Å². The lowest BCUT2D eigenvalue weighted by molar-refractivity contribution is 0.596. The summed E-state index contributed by atoms with van der Waals surface area (Å²) < 4.78 is 13.2.